The van der Waals surface area contributed by atoms with Crippen molar-refractivity contribution in [2.45, 2.75) is 12.5 Å². The van der Waals surface area contributed by atoms with Gasteiger partial charge in [-0.1, -0.05) is 0 Å². The molecule has 1 rings (SSSR count). The van der Waals surface area contributed by atoms with Gasteiger partial charge in [-0.25, -0.2) is 0 Å². The quantitative estimate of drug-likeness (QED) is 0.533. The molecule has 50 valence electrons. The number of ether oxygens (including phenoxy) is 1. The van der Waals surface area contributed by atoms with Crippen molar-refractivity contribution in [2.24, 2.45) is 0 Å². The predicted molar refractivity (Wildman–Crippen MR) is 30.7 cm³/mol. The first-order chi connectivity index (χ1) is 6.27. The Bertz CT molecular complexity index is 313. The van der Waals surface area contributed by atoms with Crippen molar-refractivity contribution in [2.75, 3.05) is 6.61 Å². The fraction of sp³-hybridized carbons (Fsp3) is 0.500. The highest BCUT2D eigenvalue weighted by molar-refractivity contribution is 5.57. The van der Waals surface area contributed by atoms with Crippen LogP contribution in [-0.2, 0) is 9.53 Å². The van der Waals surface area contributed by atoms with Gasteiger partial charge in [0.1, 0.15) is 13.7 Å². The van der Waals surface area contributed by atoms with Gasteiger partial charge in [0, 0.05) is 9.11 Å². The highest BCUT2D eigenvalue weighted by Crippen LogP contribution is 2.13. The lowest BCUT2D eigenvalue weighted by atomic mass is 10.3. The minimum absolute atomic E-state index is 0.481. The van der Waals surface area contributed by atoms with E-state index in [9.17, 15) is 4.79 Å². The van der Waals surface area contributed by atoms with E-state index in [0.29, 0.717) is 0 Å². The monoisotopic (exact) mass is 133 g/mol. The minimum atomic E-state index is -2.78. The van der Waals surface area contributed by atoms with E-state index in [4.69, 9.17) is 12.0 Å². The number of carbonyl (C=O) groups is 1. The fourth-order valence-electron chi connectivity index (χ4n) is 0.419. The summed E-state index contributed by atoms with van der Waals surface area (Å²) in [5, 5.41) is 8.66. The van der Waals surface area contributed by atoms with E-state index in [2.05, 4.69) is 4.74 Å². The fourth-order valence-corrected chi connectivity index (χ4v) is 0.419. The average Bonchev–Trinajstić information content (AvgIpc) is 2.27. The summed E-state index contributed by atoms with van der Waals surface area (Å²) in [6, 6.07) is -0.768. The van der Waals surface area contributed by atoms with Gasteiger partial charge < -0.3 is 9.84 Å². The van der Waals surface area contributed by atoms with E-state index in [1.165, 1.54) is 0 Å². The van der Waals surface area contributed by atoms with Crippen molar-refractivity contribution in [3.63, 3.8) is 0 Å². The van der Waals surface area contributed by atoms with E-state index in [-0.39, 0.29) is 0 Å². The topological polar surface area (TPSA) is 46.5 Å². The molecule has 1 N–H and O–H groups in total. The molecule has 0 aliphatic carbocycles. The Morgan fingerprint density at radius 1 is 2.56 bits per heavy atom. The van der Waals surface area contributed by atoms with Crippen LogP contribution in [0.3, 0.4) is 0 Å². The Balaban J connectivity index is 3.19. The molecule has 0 aromatic carbocycles. The molecule has 3 nitrogen and oxygen atoms in total. The number of aliphatic hydroxyl groups is 1. The van der Waals surface area contributed by atoms with E-state index < -0.39 is 37.1 Å². The van der Waals surface area contributed by atoms with Gasteiger partial charge in [-0.05, 0) is 6.05 Å². The first kappa shape index (κ1) is 2.42. The zero-order valence-electron chi connectivity index (χ0n) is 9.47. The van der Waals surface area contributed by atoms with Crippen LogP contribution < -0.4 is 0 Å². The predicted octanol–water partition coefficient (Wildman–Crippen LogP) is -0.150. The van der Waals surface area contributed by atoms with Crippen LogP contribution in [0.15, 0.2) is 11.8 Å². The molecule has 0 bridgehead atoms. The molecule has 0 fully saturated rings. The van der Waals surface area contributed by atoms with Crippen LogP contribution in [0.5, 0.6) is 0 Å². The third-order valence-electron chi connectivity index (χ3n) is 0.777. The van der Waals surface area contributed by atoms with Gasteiger partial charge in [-0.3, -0.25) is 4.79 Å². The molecule has 0 saturated heterocycles. The van der Waals surface area contributed by atoms with Crippen molar-refractivity contribution in [3.8, 4) is 0 Å². The van der Waals surface area contributed by atoms with E-state index in [1.807, 2.05) is 0 Å². The van der Waals surface area contributed by atoms with Crippen molar-refractivity contribution in [1.29, 1.82) is 0 Å². The maximum atomic E-state index is 10.7. The van der Waals surface area contributed by atoms with Crippen molar-refractivity contribution in [3.05, 3.63) is 11.8 Å². The number of hydrogen-bond donors (Lipinski definition) is 1. The van der Waals surface area contributed by atoms with Gasteiger partial charge in [0.2, 0.25) is 0 Å². The van der Waals surface area contributed by atoms with Crippen LogP contribution in [0.2, 0.25) is 0 Å². The SMILES string of the molecule is [2H]C(=O)C1([2H])OC(CO)=C([2H])C1([2H])[2H]. The second kappa shape index (κ2) is 2.64. The molecular weight excluding hydrogens is 120 g/mol. The largest absolute Gasteiger partial charge is 0.485 e. The Kier molecular flexibility index (Phi) is 0.710. The third-order valence-corrected chi connectivity index (χ3v) is 0.777. The van der Waals surface area contributed by atoms with Crippen LogP contribution >= 0.6 is 0 Å². The first-order valence-corrected chi connectivity index (χ1v) is 2.28. The highest BCUT2D eigenvalue weighted by Gasteiger charge is 2.15. The van der Waals surface area contributed by atoms with Crippen LogP contribution in [0.4, 0.5) is 0 Å². The summed E-state index contributed by atoms with van der Waals surface area (Å²) in [7, 11) is 0. The Labute approximate surface area is 60.0 Å². The second-order valence-electron chi connectivity index (χ2n) is 1.36. The van der Waals surface area contributed by atoms with E-state index in [0.717, 1.165) is 0 Å². The summed E-state index contributed by atoms with van der Waals surface area (Å²) in [5.74, 6) is -0.481. The molecule has 1 atom stereocenters. The molecule has 0 saturated carbocycles. The van der Waals surface area contributed by atoms with E-state index in [1.54, 1.807) is 0 Å². The Morgan fingerprint density at radius 2 is 3.33 bits per heavy atom. The summed E-state index contributed by atoms with van der Waals surface area (Å²) in [6.45, 7) is -0.772. The molecule has 1 heterocycles. The van der Waals surface area contributed by atoms with Crippen LogP contribution in [-0.4, -0.2) is 24.1 Å². The molecule has 1 aliphatic rings. The number of carbonyl (C=O) groups excluding carboxylic acids is 1. The van der Waals surface area contributed by atoms with E-state index >= 15 is 0 Å². The lowest BCUT2D eigenvalue weighted by Gasteiger charge is -2.02. The van der Waals surface area contributed by atoms with Gasteiger partial charge in [0.05, 0.1) is 2.74 Å². The molecule has 0 radical (unpaired) electrons. The number of hydrogen-bond acceptors (Lipinski definition) is 3. The highest BCUT2D eigenvalue weighted by atomic mass is 16.5. The first-order valence-electron chi connectivity index (χ1n) is 4.78. The maximum absolute atomic E-state index is 10.7. The van der Waals surface area contributed by atoms with Crippen LogP contribution in [0.1, 0.15) is 13.2 Å². The zero-order valence-corrected chi connectivity index (χ0v) is 4.47. The molecule has 0 aromatic heterocycles. The van der Waals surface area contributed by atoms with Gasteiger partial charge in [0.15, 0.2) is 12.3 Å². The lowest BCUT2D eigenvalue weighted by molar-refractivity contribution is -0.115. The smallest absolute Gasteiger partial charge is 0.160 e. The van der Waals surface area contributed by atoms with Crippen molar-refractivity contribution in [1.82, 2.24) is 0 Å². The van der Waals surface area contributed by atoms with Crippen molar-refractivity contribution < 1.29 is 21.5 Å². The molecule has 9 heavy (non-hydrogen) atoms. The molecule has 1 unspecified atom stereocenters. The van der Waals surface area contributed by atoms with Gasteiger partial charge in [0.25, 0.3) is 0 Å². The number of aliphatic hydroxyl groups excluding tert-OH is 1. The molecule has 1 aliphatic heterocycles. The summed E-state index contributed by atoms with van der Waals surface area (Å²) in [4.78, 5) is 10.7. The van der Waals surface area contributed by atoms with Crippen LogP contribution in [0, 0.1) is 0 Å². The van der Waals surface area contributed by atoms with Gasteiger partial charge in [-0.15, -0.1) is 0 Å². The maximum Gasteiger partial charge on any atom is 0.160 e. The summed E-state index contributed by atoms with van der Waals surface area (Å²) < 4.78 is 40.2. The molecule has 0 aromatic rings. The van der Waals surface area contributed by atoms with Gasteiger partial charge in [-0.2, -0.15) is 0 Å². The van der Waals surface area contributed by atoms with Gasteiger partial charge >= 0.3 is 0 Å². The summed E-state index contributed by atoms with van der Waals surface area (Å²) in [5.41, 5.74) is 0. The Morgan fingerprint density at radius 3 is 3.67 bits per heavy atom. The standard InChI is InChI=1S/C6H8O3/c7-3-5-1-2-6(4-8)9-5/h1,4,6-7H,2-3H2/i1D,2D2,4D,6D. The number of rotatable bonds is 2. The summed E-state index contributed by atoms with van der Waals surface area (Å²) in [6.07, 6.45) is -7.07. The van der Waals surface area contributed by atoms with Crippen LogP contribution in [0.25, 0.3) is 0 Å². The molecular formula is C6H8O3. The third kappa shape index (κ3) is 1.29. The van der Waals surface area contributed by atoms with Crippen molar-refractivity contribution >= 4 is 6.26 Å². The second-order valence-corrected chi connectivity index (χ2v) is 1.36. The Hall–Kier alpha value is -0.830. The molecule has 0 amide bonds. The zero-order chi connectivity index (χ0) is 11.1. The summed E-state index contributed by atoms with van der Waals surface area (Å²) >= 11 is 0. The number of aldehydes is 1. The minimum Gasteiger partial charge on any atom is -0.485 e. The normalized spacial score (nSPS) is 47.9. The molecule has 0 spiro atoms. The lowest BCUT2D eigenvalue weighted by Crippen LogP contribution is -2.07. The average molecular weight is 133 g/mol. The molecule has 3 heteroatoms.